The van der Waals surface area contributed by atoms with Gasteiger partial charge in [0.1, 0.15) is 6.54 Å². The largest absolute Gasteiger partial charge is 0.416 e. The summed E-state index contributed by atoms with van der Waals surface area (Å²) in [7, 11) is 0. The Balaban J connectivity index is 1.70. The highest BCUT2D eigenvalue weighted by Crippen LogP contribution is 2.34. The Morgan fingerprint density at radius 3 is 2.44 bits per heavy atom. The van der Waals surface area contributed by atoms with Crippen LogP contribution in [0.5, 0.6) is 0 Å². The second-order valence-corrected chi connectivity index (χ2v) is 7.03. The first-order chi connectivity index (χ1) is 15.0. The molecule has 3 N–H and O–H groups in total. The van der Waals surface area contributed by atoms with Crippen LogP contribution in [-0.4, -0.2) is 30.2 Å². The standard InChI is InChI=1S/C21H19F3N4O4/c1-12(29)25-14-7-6-13(21(22,23)24)10-16(14)27-18(30)8-9-20(32)28-11-19(31)26-15-4-2-3-5-17(15)28/h2-7,10H,8-9,11H2,1H3,(H,25,29)(H,26,31)(H,27,30). The number of fused-ring (bicyclic) bond motifs is 1. The molecule has 1 aliphatic rings. The monoisotopic (exact) mass is 448 g/mol. The van der Waals surface area contributed by atoms with E-state index in [1.165, 1.54) is 11.8 Å². The lowest BCUT2D eigenvalue weighted by Crippen LogP contribution is -2.42. The Kier molecular flexibility index (Phi) is 6.47. The van der Waals surface area contributed by atoms with Crippen LogP contribution in [0.1, 0.15) is 25.3 Å². The highest BCUT2D eigenvalue weighted by atomic mass is 19.4. The Morgan fingerprint density at radius 2 is 1.75 bits per heavy atom. The number of nitrogens with zero attached hydrogens (tertiary/aromatic N) is 1. The first kappa shape index (κ1) is 22.8. The zero-order valence-electron chi connectivity index (χ0n) is 16.9. The number of alkyl halides is 3. The van der Waals surface area contributed by atoms with E-state index in [1.54, 1.807) is 24.3 Å². The van der Waals surface area contributed by atoms with Gasteiger partial charge in [0.15, 0.2) is 0 Å². The van der Waals surface area contributed by atoms with E-state index in [0.717, 1.165) is 12.1 Å². The molecule has 8 nitrogen and oxygen atoms in total. The van der Waals surface area contributed by atoms with Crippen LogP contribution in [0.15, 0.2) is 42.5 Å². The number of rotatable bonds is 5. The second-order valence-electron chi connectivity index (χ2n) is 7.03. The SMILES string of the molecule is CC(=O)Nc1ccc(C(F)(F)F)cc1NC(=O)CCC(=O)N1CC(=O)Nc2ccccc21. The Bertz CT molecular complexity index is 1080. The average Bonchev–Trinajstić information content (AvgIpc) is 2.71. The summed E-state index contributed by atoms with van der Waals surface area (Å²) < 4.78 is 39.1. The van der Waals surface area contributed by atoms with Crippen molar-refractivity contribution in [3.05, 3.63) is 48.0 Å². The quantitative estimate of drug-likeness (QED) is 0.652. The number of para-hydroxylation sites is 2. The van der Waals surface area contributed by atoms with Crippen LogP contribution in [0.3, 0.4) is 0 Å². The van der Waals surface area contributed by atoms with Gasteiger partial charge >= 0.3 is 6.18 Å². The van der Waals surface area contributed by atoms with Crippen molar-refractivity contribution in [2.24, 2.45) is 0 Å². The summed E-state index contributed by atoms with van der Waals surface area (Å²) in [6, 6.07) is 9.20. The molecule has 0 unspecified atom stereocenters. The van der Waals surface area contributed by atoms with Gasteiger partial charge in [0.05, 0.1) is 28.3 Å². The molecule has 0 radical (unpaired) electrons. The number of hydrogen-bond donors (Lipinski definition) is 3. The molecule has 32 heavy (non-hydrogen) atoms. The number of carbonyl (C=O) groups is 4. The van der Waals surface area contributed by atoms with Crippen molar-refractivity contribution in [1.29, 1.82) is 0 Å². The second kappa shape index (κ2) is 9.08. The fourth-order valence-electron chi connectivity index (χ4n) is 3.15. The lowest BCUT2D eigenvalue weighted by molar-refractivity contribution is -0.137. The Labute approximate surface area is 180 Å². The minimum absolute atomic E-state index is 0.00759. The Hall–Kier alpha value is -3.89. The van der Waals surface area contributed by atoms with E-state index in [4.69, 9.17) is 0 Å². The van der Waals surface area contributed by atoms with Gasteiger partial charge < -0.3 is 20.9 Å². The highest BCUT2D eigenvalue weighted by Gasteiger charge is 2.31. The molecule has 3 rings (SSSR count). The topological polar surface area (TPSA) is 108 Å². The zero-order valence-corrected chi connectivity index (χ0v) is 16.9. The number of halogens is 3. The minimum atomic E-state index is -4.65. The number of carbonyl (C=O) groups excluding carboxylic acids is 4. The maximum absolute atomic E-state index is 13.0. The van der Waals surface area contributed by atoms with Crippen LogP contribution in [0.2, 0.25) is 0 Å². The van der Waals surface area contributed by atoms with Gasteiger partial charge in [-0.15, -0.1) is 0 Å². The normalized spacial score (nSPS) is 13.1. The predicted octanol–water partition coefficient (Wildman–Crippen LogP) is 3.37. The molecule has 2 aromatic carbocycles. The third kappa shape index (κ3) is 5.42. The van der Waals surface area contributed by atoms with E-state index in [1.807, 2.05) is 0 Å². The first-order valence-corrected chi connectivity index (χ1v) is 9.52. The molecule has 1 aliphatic heterocycles. The van der Waals surface area contributed by atoms with E-state index >= 15 is 0 Å². The van der Waals surface area contributed by atoms with Crippen LogP contribution < -0.4 is 20.9 Å². The van der Waals surface area contributed by atoms with Gasteiger partial charge in [-0.05, 0) is 30.3 Å². The molecular weight excluding hydrogens is 429 g/mol. The Morgan fingerprint density at radius 1 is 1.03 bits per heavy atom. The fraction of sp³-hybridized carbons (Fsp3) is 0.238. The summed E-state index contributed by atoms with van der Waals surface area (Å²) in [6.07, 6.45) is -5.26. The average molecular weight is 448 g/mol. The number of amides is 4. The van der Waals surface area contributed by atoms with Crippen molar-refractivity contribution in [2.45, 2.75) is 25.9 Å². The maximum Gasteiger partial charge on any atom is 0.416 e. The summed E-state index contributed by atoms with van der Waals surface area (Å²) >= 11 is 0. The minimum Gasteiger partial charge on any atom is -0.325 e. The fourth-order valence-corrected chi connectivity index (χ4v) is 3.15. The van der Waals surface area contributed by atoms with Crippen molar-refractivity contribution in [2.75, 3.05) is 27.4 Å². The van der Waals surface area contributed by atoms with Crippen molar-refractivity contribution in [1.82, 2.24) is 0 Å². The molecule has 1 heterocycles. The molecule has 11 heteroatoms. The van der Waals surface area contributed by atoms with Gasteiger partial charge in [0, 0.05) is 19.8 Å². The third-order valence-electron chi connectivity index (χ3n) is 4.57. The smallest absolute Gasteiger partial charge is 0.325 e. The van der Waals surface area contributed by atoms with Gasteiger partial charge in [-0.2, -0.15) is 13.2 Å². The molecule has 0 aliphatic carbocycles. The van der Waals surface area contributed by atoms with E-state index in [0.29, 0.717) is 17.4 Å². The first-order valence-electron chi connectivity index (χ1n) is 9.52. The molecule has 0 atom stereocenters. The summed E-state index contributed by atoms with van der Waals surface area (Å²) in [6.45, 7) is 0.965. The van der Waals surface area contributed by atoms with E-state index in [9.17, 15) is 32.3 Å². The van der Waals surface area contributed by atoms with Crippen LogP contribution in [0, 0.1) is 0 Å². The van der Waals surface area contributed by atoms with Crippen molar-refractivity contribution in [3.8, 4) is 0 Å². The van der Waals surface area contributed by atoms with Gasteiger partial charge in [-0.1, -0.05) is 12.1 Å². The van der Waals surface area contributed by atoms with Crippen LogP contribution in [-0.2, 0) is 25.4 Å². The molecule has 0 saturated carbocycles. The summed E-state index contributed by atoms with van der Waals surface area (Å²) in [5.41, 5.74) is -0.301. The van der Waals surface area contributed by atoms with E-state index in [-0.39, 0.29) is 36.7 Å². The van der Waals surface area contributed by atoms with Crippen molar-refractivity contribution >= 4 is 46.4 Å². The van der Waals surface area contributed by atoms with Crippen LogP contribution in [0.25, 0.3) is 0 Å². The van der Waals surface area contributed by atoms with Gasteiger partial charge in [-0.3, -0.25) is 19.2 Å². The number of nitrogens with one attached hydrogen (secondary N) is 3. The van der Waals surface area contributed by atoms with Gasteiger partial charge in [0.25, 0.3) is 0 Å². The lowest BCUT2D eigenvalue weighted by atomic mass is 10.1. The molecule has 2 aromatic rings. The van der Waals surface area contributed by atoms with E-state index in [2.05, 4.69) is 16.0 Å². The summed E-state index contributed by atoms with van der Waals surface area (Å²) in [4.78, 5) is 49.4. The van der Waals surface area contributed by atoms with Gasteiger partial charge in [0.2, 0.25) is 23.6 Å². The van der Waals surface area contributed by atoms with Crippen LogP contribution >= 0.6 is 0 Å². The molecule has 4 amide bonds. The molecule has 168 valence electrons. The van der Waals surface area contributed by atoms with Gasteiger partial charge in [-0.25, -0.2) is 0 Å². The molecule has 0 spiro atoms. The zero-order chi connectivity index (χ0) is 23.5. The number of anilines is 4. The molecule has 0 aromatic heterocycles. The maximum atomic E-state index is 13.0. The van der Waals surface area contributed by atoms with Crippen molar-refractivity contribution < 1.29 is 32.3 Å². The number of hydrogen-bond acceptors (Lipinski definition) is 4. The van der Waals surface area contributed by atoms with E-state index < -0.39 is 29.5 Å². The summed E-state index contributed by atoms with van der Waals surface area (Å²) in [5.74, 6) is -2.13. The third-order valence-corrected chi connectivity index (χ3v) is 4.57. The van der Waals surface area contributed by atoms with Crippen LogP contribution in [0.4, 0.5) is 35.9 Å². The summed E-state index contributed by atoms with van der Waals surface area (Å²) in [5, 5.41) is 7.30. The lowest BCUT2D eigenvalue weighted by Gasteiger charge is -2.29. The molecule has 0 saturated heterocycles. The number of benzene rings is 2. The molecular formula is C21H19F3N4O4. The molecule has 0 fully saturated rings. The highest BCUT2D eigenvalue weighted by molar-refractivity contribution is 6.10. The van der Waals surface area contributed by atoms with Crippen molar-refractivity contribution in [3.63, 3.8) is 0 Å². The molecule has 0 bridgehead atoms. The predicted molar refractivity (Wildman–Crippen MR) is 111 cm³/mol.